The number of pyridine rings is 1. The van der Waals surface area contributed by atoms with Gasteiger partial charge in [-0.25, -0.2) is 13.1 Å². The lowest BCUT2D eigenvalue weighted by Crippen LogP contribution is -2.35. The lowest BCUT2D eigenvalue weighted by Gasteiger charge is -2.13. The lowest BCUT2D eigenvalue weighted by atomic mass is 9.98. The van der Waals surface area contributed by atoms with E-state index in [1.165, 1.54) is 30.6 Å². The first-order chi connectivity index (χ1) is 18.1. The number of nitrogens with zero attached hydrogens (tertiary/aromatic N) is 1. The Morgan fingerprint density at radius 1 is 0.895 bits per heavy atom. The van der Waals surface area contributed by atoms with Crippen LogP contribution in [0.3, 0.4) is 0 Å². The van der Waals surface area contributed by atoms with E-state index in [9.17, 15) is 26.4 Å². The van der Waals surface area contributed by atoms with E-state index in [0.717, 1.165) is 23.3 Å². The summed E-state index contributed by atoms with van der Waals surface area (Å²) < 4.78 is 66.9. The second kappa shape index (κ2) is 10.0. The smallest absolute Gasteiger partial charge is 0.322 e. The number of anilines is 1. The average molecular weight is 538 g/mol. The van der Waals surface area contributed by atoms with E-state index in [2.05, 4.69) is 15.0 Å². The SMILES string of the molecule is O=C(Nc1ccc2c(c1)CC(NS(=O)(=O)c1cccnc1)C2)c1ccccc1-c1ccc(C(F)(F)F)cc1. The Bertz CT molecular complexity index is 1590. The van der Waals surface area contributed by atoms with Crippen molar-refractivity contribution in [2.45, 2.75) is 30.0 Å². The average Bonchev–Trinajstić information content (AvgIpc) is 3.29. The Balaban J connectivity index is 1.31. The topological polar surface area (TPSA) is 88.2 Å². The summed E-state index contributed by atoms with van der Waals surface area (Å²) >= 11 is 0. The Hall–Kier alpha value is -4.02. The van der Waals surface area contributed by atoms with Gasteiger partial charge in [-0.2, -0.15) is 13.2 Å². The third kappa shape index (κ3) is 5.46. The van der Waals surface area contributed by atoms with Gasteiger partial charge < -0.3 is 5.32 Å². The van der Waals surface area contributed by atoms with Crippen LogP contribution in [0.4, 0.5) is 18.9 Å². The van der Waals surface area contributed by atoms with Crippen molar-refractivity contribution < 1.29 is 26.4 Å². The van der Waals surface area contributed by atoms with Crippen LogP contribution in [0.25, 0.3) is 11.1 Å². The molecule has 0 saturated carbocycles. The largest absolute Gasteiger partial charge is 0.416 e. The van der Waals surface area contributed by atoms with Crippen LogP contribution in [0, 0.1) is 0 Å². The molecule has 1 atom stereocenters. The number of halogens is 3. The summed E-state index contributed by atoms with van der Waals surface area (Å²) in [4.78, 5) is 17.1. The van der Waals surface area contributed by atoms with Gasteiger partial charge in [0.1, 0.15) is 4.90 Å². The molecule has 1 aliphatic rings. The summed E-state index contributed by atoms with van der Waals surface area (Å²) in [7, 11) is -3.71. The standard InChI is InChI=1S/C28H22F3N3O3S/c29-28(30,31)21-10-7-18(8-11-21)25-5-1-2-6-26(25)27(35)33-22-12-9-19-14-23(16-20(19)15-22)34-38(36,37)24-4-3-13-32-17-24/h1-13,15,17,23,34H,14,16H2,(H,33,35). The summed E-state index contributed by atoms with van der Waals surface area (Å²) in [5.41, 5.74) is 2.97. The normalized spacial score (nSPS) is 15.2. The van der Waals surface area contributed by atoms with Gasteiger partial charge in [0.25, 0.3) is 5.91 Å². The number of sulfonamides is 1. The molecule has 6 nitrogen and oxygen atoms in total. The van der Waals surface area contributed by atoms with E-state index in [0.29, 0.717) is 35.2 Å². The molecular weight excluding hydrogens is 515 g/mol. The van der Waals surface area contributed by atoms with E-state index in [4.69, 9.17) is 0 Å². The number of fused-ring (bicyclic) bond motifs is 1. The fraction of sp³-hybridized carbons (Fsp3) is 0.143. The number of hydrogen-bond donors (Lipinski definition) is 2. The fourth-order valence-corrected chi connectivity index (χ4v) is 5.74. The number of carbonyl (C=O) groups excluding carboxylic acids is 1. The van der Waals surface area contributed by atoms with Gasteiger partial charge in [-0.3, -0.25) is 9.78 Å². The van der Waals surface area contributed by atoms with Gasteiger partial charge in [-0.15, -0.1) is 0 Å². The number of nitrogens with one attached hydrogen (secondary N) is 2. The predicted octanol–water partition coefficient (Wildman–Crippen LogP) is 5.47. The lowest BCUT2D eigenvalue weighted by molar-refractivity contribution is -0.137. The maximum atomic E-state index is 13.2. The van der Waals surface area contributed by atoms with Crippen LogP contribution >= 0.6 is 0 Å². The highest BCUT2D eigenvalue weighted by molar-refractivity contribution is 7.89. The summed E-state index contributed by atoms with van der Waals surface area (Å²) in [5.74, 6) is -0.410. The number of alkyl halides is 3. The molecule has 0 saturated heterocycles. The van der Waals surface area contributed by atoms with Crippen LogP contribution < -0.4 is 10.0 Å². The molecule has 1 aliphatic carbocycles. The maximum Gasteiger partial charge on any atom is 0.416 e. The summed E-state index contributed by atoms with van der Waals surface area (Å²) in [5, 5.41) is 2.86. The Kier molecular flexibility index (Phi) is 6.77. The zero-order valence-corrected chi connectivity index (χ0v) is 20.7. The first-order valence-electron chi connectivity index (χ1n) is 11.7. The first-order valence-corrected chi connectivity index (χ1v) is 13.2. The van der Waals surface area contributed by atoms with E-state index >= 15 is 0 Å². The van der Waals surface area contributed by atoms with Crippen LogP contribution in [-0.2, 0) is 29.0 Å². The van der Waals surface area contributed by atoms with Gasteiger partial charge in [0, 0.05) is 29.7 Å². The van der Waals surface area contributed by atoms with Crippen molar-refractivity contribution in [1.29, 1.82) is 0 Å². The number of hydrogen-bond acceptors (Lipinski definition) is 4. The second-order valence-electron chi connectivity index (χ2n) is 8.97. The Morgan fingerprint density at radius 3 is 2.34 bits per heavy atom. The van der Waals surface area contributed by atoms with Crippen LogP contribution in [0.5, 0.6) is 0 Å². The molecule has 194 valence electrons. The molecule has 1 unspecified atom stereocenters. The number of aromatic nitrogens is 1. The van der Waals surface area contributed by atoms with Gasteiger partial charge in [-0.05, 0) is 77.6 Å². The molecule has 4 aromatic rings. The predicted molar refractivity (Wildman–Crippen MR) is 137 cm³/mol. The maximum absolute atomic E-state index is 13.2. The zero-order chi connectivity index (χ0) is 26.9. The van der Waals surface area contributed by atoms with Crippen molar-refractivity contribution >= 4 is 21.6 Å². The van der Waals surface area contributed by atoms with Crippen LogP contribution in [0.1, 0.15) is 27.0 Å². The van der Waals surface area contributed by atoms with Gasteiger partial charge in [-0.1, -0.05) is 36.4 Å². The molecular formula is C28H22F3N3O3S. The molecule has 1 amide bonds. The second-order valence-corrected chi connectivity index (χ2v) is 10.7. The van der Waals surface area contributed by atoms with E-state index in [1.54, 1.807) is 36.4 Å². The van der Waals surface area contributed by atoms with E-state index in [-0.39, 0.29) is 10.9 Å². The summed E-state index contributed by atoms with van der Waals surface area (Å²) in [6, 6.07) is 19.5. The molecule has 2 N–H and O–H groups in total. The summed E-state index contributed by atoms with van der Waals surface area (Å²) in [6.07, 6.45) is -0.677. The van der Waals surface area contributed by atoms with Gasteiger partial charge >= 0.3 is 6.18 Å². The molecule has 0 spiro atoms. The van der Waals surface area contributed by atoms with Crippen molar-refractivity contribution in [3.63, 3.8) is 0 Å². The third-order valence-corrected chi connectivity index (χ3v) is 7.86. The monoisotopic (exact) mass is 537 g/mol. The van der Waals surface area contributed by atoms with Gasteiger partial charge in [0.15, 0.2) is 0 Å². The number of benzene rings is 3. The molecule has 3 aromatic carbocycles. The molecule has 1 aromatic heterocycles. The van der Waals surface area contributed by atoms with Crippen molar-refractivity contribution in [3.8, 4) is 11.1 Å². The quantitative estimate of drug-likeness (QED) is 0.342. The van der Waals surface area contributed by atoms with Crippen molar-refractivity contribution in [2.75, 3.05) is 5.32 Å². The van der Waals surface area contributed by atoms with Crippen molar-refractivity contribution in [1.82, 2.24) is 9.71 Å². The summed E-state index contributed by atoms with van der Waals surface area (Å²) in [6.45, 7) is 0. The first kappa shape index (κ1) is 25.6. The molecule has 0 fully saturated rings. The van der Waals surface area contributed by atoms with Crippen molar-refractivity contribution in [2.24, 2.45) is 0 Å². The minimum Gasteiger partial charge on any atom is -0.322 e. The number of carbonyl (C=O) groups is 1. The molecule has 0 aliphatic heterocycles. The van der Waals surface area contributed by atoms with E-state index in [1.807, 2.05) is 12.1 Å². The van der Waals surface area contributed by atoms with Crippen LogP contribution in [0.2, 0.25) is 0 Å². The third-order valence-electron chi connectivity index (χ3n) is 6.36. The highest BCUT2D eigenvalue weighted by Gasteiger charge is 2.30. The minimum atomic E-state index is -4.44. The van der Waals surface area contributed by atoms with Gasteiger partial charge in [0.2, 0.25) is 10.0 Å². The minimum absolute atomic E-state index is 0.0932. The molecule has 0 radical (unpaired) electrons. The fourth-order valence-electron chi connectivity index (χ4n) is 4.54. The zero-order valence-electron chi connectivity index (χ0n) is 19.9. The van der Waals surface area contributed by atoms with Crippen LogP contribution in [0.15, 0.2) is 96.2 Å². The molecule has 38 heavy (non-hydrogen) atoms. The molecule has 10 heteroatoms. The Labute approximate surface area is 217 Å². The number of amides is 1. The van der Waals surface area contributed by atoms with Crippen molar-refractivity contribution in [3.05, 3.63) is 114 Å². The molecule has 5 rings (SSSR count). The highest BCUT2D eigenvalue weighted by atomic mass is 32.2. The number of rotatable bonds is 6. The van der Waals surface area contributed by atoms with Gasteiger partial charge in [0.05, 0.1) is 5.56 Å². The van der Waals surface area contributed by atoms with Crippen LogP contribution in [-0.4, -0.2) is 25.4 Å². The molecule has 1 heterocycles. The molecule has 0 bridgehead atoms. The van der Waals surface area contributed by atoms with E-state index < -0.39 is 27.7 Å². The highest BCUT2D eigenvalue weighted by Crippen LogP contribution is 2.32. The Morgan fingerprint density at radius 2 is 1.63 bits per heavy atom.